The lowest BCUT2D eigenvalue weighted by atomic mass is 9.88. The van der Waals surface area contributed by atoms with Gasteiger partial charge in [0.05, 0.1) is 18.6 Å². The average molecular weight is 513 g/mol. The first-order valence-electron chi connectivity index (χ1n) is 12.1. The number of piperidine rings is 1. The van der Waals surface area contributed by atoms with Crippen LogP contribution in [0, 0.1) is 5.82 Å². The molecule has 3 N–H and O–H groups in total. The number of nitrogens with two attached hydrogens (primary N) is 1. The Bertz CT molecular complexity index is 1320. The Balaban J connectivity index is 1.67. The summed E-state index contributed by atoms with van der Waals surface area (Å²) in [5.41, 5.74) is 10.2. The third kappa shape index (κ3) is 5.79. The van der Waals surface area contributed by atoms with Crippen LogP contribution in [0.2, 0.25) is 0 Å². The van der Waals surface area contributed by atoms with Crippen LogP contribution >= 0.6 is 0 Å². The molecule has 9 heteroatoms. The predicted molar refractivity (Wildman–Crippen MR) is 143 cm³/mol. The second-order valence-electron chi connectivity index (χ2n) is 9.32. The van der Waals surface area contributed by atoms with Gasteiger partial charge in [-0.1, -0.05) is 31.2 Å². The molecule has 4 rings (SSSR count). The molecule has 192 valence electrons. The summed E-state index contributed by atoms with van der Waals surface area (Å²) in [6, 6.07) is 13.1. The second-order valence-corrected chi connectivity index (χ2v) is 11.2. The molecule has 0 radical (unpaired) electrons. The maximum atomic E-state index is 14.9. The number of methoxy groups -OCH3 is 1. The fraction of sp³-hybridized carbons (Fsp3) is 0.370. The predicted octanol–water partition coefficient (Wildman–Crippen LogP) is 5.11. The first-order valence-corrected chi connectivity index (χ1v) is 13.8. The molecule has 1 aliphatic rings. The molecule has 0 atom stereocenters. The summed E-state index contributed by atoms with van der Waals surface area (Å²) in [7, 11) is -0.208. The molecule has 0 aliphatic carbocycles. The highest BCUT2D eigenvalue weighted by molar-refractivity contribution is 7.92. The topological polar surface area (TPSA) is 97.6 Å². The van der Waals surface area contributed by atoms with Crippen LogP contribution in [0.3, 0.4) is 0 Å². The number of nitrogens with zero attached hydrogens (tertiary/aromatic N) is 2. The number of sulfonamides is 1. The van der Waals surface area contributed by atoms with E-state index >= 15 is 0 Å². The van der Waals surface area contributed by atoms with Gasteiger partial charge in [-0.05, 0) is 80.2 Å². The van der Waals surface area contributed by atoms with Crippen molar-refractivity contribution in [2.75, 3.05) is 43.5 Å². The molecule has 3 aromatic rings. The Hall–Kier alpha value is -3.17. The van der Waals surface area contributed by atoms with Crippen LogP contribution in [0.4, 0.5) is 15.9 Å². The molecule has 36 heavy (non-hydrogen) atoms. The van der Waals surface area contributed by atoms with Gasteiger partial charge in [0.1, 0.15) is 5.82 Å². The number of hydrogen-bond acceptors (Lipinski definition) is 6. The summed E-state index contributed by atoms with van der Waals surface area (Å²) < 4.78 is 47.2. The highest BCUT2D eigenvalue weighted by Crippen LogP contribution is 2.37. The van der Waals surface area contributed by atoms with E-state index in [-0.39, 0.29) is 23.0 Å². The highest BCUT2D eigenvalue weighted by Gasteiger charge is 2.20. The van der Waals surface area contributed by atoms with Crippen molar-refractivity contribution in [1.82, 2.24) is 9.88 Å². The van der Waals surface area contributed by atoms with Crippen LogP contribution in [-0.2, 0) is 10.0 Å². The van der Waals surface area contributed by atoms with Crippen LogP contribution in [-0.4, -0.2) is 51.3 Å². The average Bonchev–Trinajstić information content (AvgIpc) is 2.84. The Morgan fingerprint density at radius 2 is 1.81 bits per heavy atom. The third-order valence-electron chi connectivity index (χ3n) is 6.65. The van der Waals surface area contributed by atoms with E-state index in [0.717, 1.165) is 37.1 Å². The van der Waals surface area contributed by atoms with E-state index in [0.29, 0.717) is 23.5 Å². The van der Waals surface area contributed by atoms with Crippen molar-refractivity contribution in [3.05, 3.63) is 60.0 Å². The first kappa shape index (κ1) is 25.9. The quantitative estimate of drug-likeness (QED) is 0.436. The van der Waals surface area contributed by atoms with Crippen molar-refractivity contribution in [3.63, 3.8) is 0 Å². The number of nitrogens with one attached hydrogen (secondary N) is 1. The molecule has 7 nitrogen and oxygen atoms in total. The van der Waals surface area contributed by atoms with Gasteiger partial charge >= 0.3 is 0 Å². The zero-order valence-corrected chi connectivity index (χ0v) is 21.7. The molecular weight excluding hydrogens is 479 g/mol. The van der Waals surface area contributed by atoms with Gasteiger partial charge in [0.25, 0.3) is 0 Å². The number of rotatable bonds is 8. The van der Waals surface area contributed by atoms with Gasteiger partial charge < -0.3 is 15.4 Å². The largest absolute Gasteiger partial charge is 0.492 e. The highest BCUT2D eigenvalue weighted by atomic mass is 32.2. The smallest absolute Gasteiger partial charge is 0.232 e. The number of aromatic nitrogens is 1. The SMILES string of the molecule is CCCS(=O)(=O)Nc1cc(-c2cc(-c3ccc(C4CCN(C)CC4)cc3)cnc2N)cc(F)c1OC. The maximum Gasteiger partial charge on any atom is 0.232 e. The molecule has 0 amide bonds. The normalized spacial score (nSPS) is 15.1. The molecule has 0 bridgehead atoms. The van der Waals surface area contributed by atoms with Gasteiger partial charge in [0.2, 0.25) is 10.0 Å². The number of likely N-dealkylation sites (tertiary alicyclic amines) is 1. The Morgan fingerprint density at radius 1 is 1.11 bits per heavy atom. The number of ether oxygens (including phenoxy) is 1. The minimum absolute atomic E-state index is 0.0215. The van der Waals surface area contributed by atoms with Gasteiger partial charge in [0.15, 0.2) is 11.6 Å². The molecule has 0 saturated carbocycles. The second kappa shape index (κ2) is 10.8. The van der Waals surface area contributed by atoms with Crippen molar-refractivity contribution in [2.45, 2.75) is 32.1 Å². The molecular formula is C27H33FN4O3S. The van der Waals surface area contributed by atoms with Gasteiger partial charge in [-0.2, -0.15) is 0 Å². The van der Waals surface area contributed by atoms with Crippen LogP contribution in [0.5, 0.6) is 5.75 Å². The lowest BCUT2D eigenvalue weighted by Gasteiger charge is -2.29. The lowest BCUT2D eigenvalue weighted by molar-refractivity contribution is 0.255. The van der Waals surface area contributed by atoms with Gasteiger partial charge in [-0.25, -0.2) is 17.8 Å². The van der Waals surface area contributed by atoms with Crippen molar-refractivity contribution < 1.29 is 17.5 Å². The minimum Gasteiger partial charge on any atom is -0.492 e. The van der Waals surface area contributed by atoms with Crippen LogP contribution < -0.4 is 15.2 Å². The van der Waals surface area contributed by atoms with E-state index in [4.69, 9.17) is 10.5 Å². The molecule has 1 saturated heterocycles. The maximum absolute atomic E-state index is 14.9. The zero-order chi connectivity index (χ0) is 25.9. The molecule has 0 spiro atoms. The van der Waals surface area contributed by atoms with E-state index in [9.17, 15) is 12.8 Å². The minimum atomic E-state index is -3.66. The molecule has 1 aromatic heterocycles. The van der Waals surface area contributed by atoms with Crippen LogP contribution in [0.15, 0.2) is 48.7 Å². The van der Waals surface area contributed by atoms with Crippen molar-refractivity contribution in [1.29, 1.82) is 0 Å². The lowest BCUT2D eigenvalue weighted by Crippen LogP contribution is -2.29. The number of halogens is 1. The van der Waals surface area contributed by atoms with E-state index < -0.39 is 15.8 Å². The van der Waals surface area contributed by atoms with Gasteiger partial charge in [0, 0.05) is 17.3 Å². The summed E-state index contributed by atoms with van der Waals surface area (Å²) in [6.07, 6.45) is 4.41. The van der Waals surface area contributed by atoms with E-state index in [2.05, 4.69) is 45.9 Å². The summed E-state index contributed by atoms with van der Waals surface area (Å²) in [5.74, 6) is -0.183. The van der Waals surface area contributed by atoms with Crippen molar-refractivity contribution >= 4 is 21.5 Å². The number of nitrogen functional groups attached to an aromatic ring is 1. The van der Waals surface area contributed by atoms with Gasteiger partial charge in [-0.15, -0.1) is 0 Å². The fourth-order valence-corrected chi connectivity index (χ4v) is 5.80. The van der Waals surface area contributed by atoms with Crippen molar-refractivity contribution in [2.24, 2.45) is 0 Å². The van der Waals surface area contributed by atoms with Crippen LogP contribution in [0.25, 0.3) is 22.3 Å². The van der Waals surface area contributed by atoms with Gasteiger partial charge in [-0.3, -0.25) is 4.72 Å². The summed E-state index contributed by atoms with van der Waals surface area (Å²) in [6.45, 7) is 3.96. The third-order valence-corrected chi connectivity index (χ3v) is 8.13. The van der Waals surface area contributed by atoms with E-state index in [1.54, 1.807) is 13.1 Å². The monoisotopic (exact) mass is 512 g/mol. The zero-order valence-electron chi connectivity index (χ0n) is 20.9. The number of pyridine rings is 1. The summed E-state index contributed by atoms with van der Waals surface area (Å²) in [4.78, 5) is 6.69. The first-order chi connectivity index (χ1) is 17.2. The van der Waals surface area contributed by atoms with E-state index in [1.165, 1.54) is 24.8 Å². The summed E-state index contributed by atoms with van der Waals surface area (Å²) >= 11 is 0. The summed E-state index contributed by atoms with van der Waals surface area (Å²) in [5, 5.41) is 0. The molecule has 1 fully saturated rings. The molecule has 2 heterocycles. The van der Waals surface area contributed by atoms with Crippen molar-refractivity contribution in [3.8, 4) is 28.0 Å². The number of hydrogen-bond donors (Lipinski definition) is 2. The Kier molecular flexibility index (Phi) is 7.80. The number of benzene rings is 2. The Morgan fingerprint density at radius 3 is 2.44 bits per heavy atom. The Labute approximate surface area is 212 Å². The molecule has 0 unspecified atom stereocenters. The fourth-order valence-electron chi connectivity index (χ4n) is 4.67. The molecule has 1 aliphatic heterocycles. The van der Waals surface area contributed by atoms with E-state index in [1.807, 2.05) is 6.07 Å². The molecule has 2 aromatic carbocycles. The standard InChI is InChI=1S/C27H33FN4O3S/c1-4-13-36(33,34)31-25-16-21(15-24(28)26(25)35-3)23-14-22(17-30-27(23)29)19-7-5-18(6-8-19)20-9-11-32(2)12-10-20/h5-8,14-17,20,31H,4,9-13H2,1-3H3,(H2,29,30). The van der Waals surface area contributed by atoms with Crippen LogP contribution in [0.1, 0.15) is 37.7 Å². The number of anilines is 2.